The molecule has 0 aliphatic rings. The van der Waals surface area contributed by atoms with Crippen LogP contribution in [0.1, 0.15) is 42.4 Å². The van der Waals surface area contributed by atoms with Crippen molar-refractivity contribution in [2.45, 2.75) is 33.2 Å². The number of halogens is 1. The van der Waals surface area contributed by atoms with Crippen LogP contribution in [0, 0.1) is 6.92 Å². The number of benzene rings is 1. The number of aryl methyl sites for hydroxylation is 1. The number of anilines is 1. The van der Waals surface area contributed by atoms with Crippen molar-refractivity contribution in [3.63, 3.8) is 0 Å². The van der Waals surface area contributed by atoms with Crippen molar-refractivity contribution in [1.82, 2.24) is 14.0 Å². The molecule has 4 aromatic rings. The van der Waals surface area contributed by atoms with E-state index in [1.807, 2.05) is 19.9 Å². The normalized spacial score (nSPS) is 11.8. The Labute approximate surface area is 218 Å². The highest BCUT2D eigenvalue weighted by Gasteiger charge is 2.23. The van der Waals surface area contributed by atoms with Crippen LogP contribution in [-0.2, 0) is 9.53 Å². The summed E-state index contributed by atoms with van der Waals surface area (Å²) in [6, 6.07) is 9.46. The highest BCUT2D eigenvalue weighted by Crippen LogP contribution is 2.33. The average Bonchev–Trinajstić information content (AvgIpc) is 3.30. The van der Waals surface area contributed by atoms with Crippen LogP contribution in [0.3, 0.4) is 0 Å². The Hall–Kier alpha value is -4.11. The molecular weight excluding hydrogens is 496 g/mol. The standard InChI is InChI=1S/C27H27ClN4O5/c1-5-22(26(34)29-18-9-10-24-30-21(14-31(24)13-18)27(35)37-6-2)32-15-23(36-4)20(12-25(32)33)19-11-17(28)8-7-16(19)3/h7-15,22H,5-6H2,1-4H3,(H,29,34). The van der Waals surface area contributed by atoms with Gasteiger partial charge in [-0.3, -0.25) is 14.2 Å². The van der Waals surface area contributed by atoms with Crippen LogP contribution in [0.4, 0.5) is 5.69 Å². The zero-order chi connectivity index (χ0) is 26.7. The van der Waals surface area contributed by atoms with E-state index in [9.17, 15) is 14.4 Å². The van der Waals surface area contributed by atoms with Crippen molar-refractivity contribution in [3.8, 4) is 16.9 Å². The fourth-order valence-corrected chi connectivity index (χ4v) is 4.30. The number of carbonyl (C=O) groups is 2. The molecule has 1 N–H and O–H groups in total. The van der Waals surface area contributed by atoms with Crippen LogP contribution in [0.2, 0.25) is 5.02 Å². The highest BCUT2D eigenvalue weighted by molar-refractivity contribution is 6.30. The Balaban J connectivity index is 1.63. The van der Waals surface area contributed by atoms with Crippen LogP contribution in [0.5, 0.6) is 5.75 Å². The molecule has 3 aromatic heterocycles. The lowest BCUT2D eigenvalue weighted by atomic mass is 10.0. The summed E-state index contributed by atoms with van der Waals surface area (Å²) in [5.41, 5.74) is 3.15. The molecule has 192 valence electrons. The smallest absolute Gasteiger partial charge is 0.358 e. The summed E-state index contributed by atoms with van der Waals surface area (Å²) >= 11 is 6.19. The first-order valence-electron chi connectivity index (χ1n) is 11.8. The highest BCUT2D eigenvalue weighted by atomic mass is 35.5. The van der Waals surface area contributed by atoms with Gasteiger partial charge < -0.3 is 19.2 Å². The first-order chi connectivity index (χ1) is 17.7. The van der Waals surface area contributed by atoms with Gasteiger partial charge in [0.1, 0.15) is 17.4 Å². The molecule has 1 atom stereocenters. The minimum absolute atomic E-state index is 0.172. The molecule has 10 heteroatoms. The van der Waals surface area contributed by atoms with Gasteiger partial charge in [0.15, 0.2) is 5.69 Å². The number of nitrogens with one attached hydrogen (secondary N) is 1. The first kappa shape index (κ1) is 26.0. The maximum absolute atomic E-state index is 13.3. The fourth-order valence-electron chi connectivity index (χ4n) is 4.13. The van der Waals surface area contributed by atoms with Gasteiger partial charge in [0.2, 0.25) is 5.91 Å². The fraction of sp³-hybridized carbons (Fsp3) is 0.259. The summed E-state index contributed by atoms with van der Waals surface area (Å²) in [6.45, 7) is 5.71. The molecule has 1 amide bonds. The van der Waals surface area contributed by atoms with Crippen molar-refractivity contribution in [2.75, 3.05) is 19.0 Å². The number of esters is 1. The third-order valence-electron chi connectivity index (χ3n) is 5.98. The third kappa shape index (κ3) is 5.36. The van der Waals surface area contributed by atoms with Gasteiger partial charge in [-0.2, -0.15) is 0 Å². The molecule has 0 radical (unpaired) electrons. The minimum atomic E-state index is -0.788. The summed E-state index contributed by atoms with van der Waals surface area (Å²) in [5, 5.41) is 3.40. The summed E-state index contributed by atoms with van der Waals surface area (Å²) in [4.78, 5) is 42.6. The number of amides is 1. The zero-order valence-corrected chi connectivity index (χ0v) is 21.7. The van der Waals surface area contributed by atoms with Crippen molar-refractivity contribution < 1.29 is 19.1 Å². The molecule has 0 saturated carbocycles. The minimum Gasteiger partial charge on any atom is -0.495 e. The quantitative estimate of drug-likeness (QED) is 0.330. The number of methoxy groups -OCH3 is 1. The molecule has 1 aromatic carbocycles. The lowest BCUT2D eigenvalue weighted by Crippen LogP contribution is -2.32. The number of hydrogen-bond donors (Lipinski definition) is 1. The molecule has 0 aliphatic heterocycles. The molecule has 0 saturated heterocycles. The summed E-state index contributed by atoms with van der Waals surface area (Å²) in [7, 11) is 1.51. The van der Waals surface area contributed by atoms with Gasteiger partial charge >= 0.3 is 5.97 Å². The van der Waals surface area contributed by atoms with E-state index in [1.165, 1.54) is 23.9 Å². The van der Waals surface area contributed by atoms with Crippen LogP contribution in [0.25, 0.3) is 16.8 Å². The van der Waals surface area contributed by atoms with E-state index in [2.05, 4.69) is 10.3 Å². The molecule has 0 spiro atoms. The van der Waals surface area contributed by atoms with E-state index in [4.69, 9.17) is 21.1 Å². The van der Waals surface area contributed by atoms with E-state index >= 15 is 0 Å². The third-order valence-corrected chi connectivity index (χ3v) is 6.22. The zero-order valence-electron chi connectivity index (χ0n) is 20.9. The van der Waals surface area contributed by atoms with Gasteiger partial charge in [0.25, 0.3) is 5.56 Å². The second kappa shape index (κ2) is 10.9. The van der Waals surface area contributed by atoms with E-state index < -0.39 is 12.0 Å². The number of rotatable bonds is 8. The lowest BCUT2D eigenvalue weighted by molar-refractivity contribution is -0.119. The summed E-state index contributed by atoms with van der Waals surface area (Å²) < 4.78 is 13.6. The van der Waals surface area contributed by atoms with Crippen molar-refractivity contribution in [2.24, 2.45) is 0 Å². The predicted molar refractivity (Wildman–Crippen MR) is 142 cm³/mol. The molecule has 37 heavy (non-hydrogen) atoms. The number of ether oxygens (including phenoxy) is 2. The topological polar surface area (TPSA) is 104 Å². The van der Waals surface area contributed by atoms with Crippen molar-refractivity contribution in [1.29, 1.82) is 0 Å². The average molecular weight is 523 g/mol. The van der Waals surface area contributed by atoms with E-state index in [0.29, 0.717) is 34.1 Å². The monoisotopic (exact) mass is 522 g/mol. The van der Waals surface area contributed by atoms with Crippen LogP contribution >= 0.6 is 11.6 Å². The Morgan fingerprint density at radius 1 is 1.08 bits per heavy atom. The number of hydrogen-bond acceptors (Lipinski definition) is 6. The molecular formula is C27H27ClN4O5. The Bertz CT molecular complexity index is 1540. The van der Waals surface area contributed by atoms with Crippen molar-refractivity contribution in [3.05, 3.63) is 81.6 Å². The van der Waals surface area contributed by atoms with Gasteiger partial charge in [-0.25, -0.2) is 9.78 Å². The van der Waals surface area contributed by atoms with Crippen LogP contribution in [-0.4, -0.2) is 39.5 Å². The molecule has 0 fully saturated rings. The number of carbonyl (C=O) groups excluding carboxylic acids is 2. The van der Waals surface area contributed by atoms with E-state index in [0.717, 1.165) is 11.1 Å². The van der Waals surface area contributed by atoms with Crippen LogP contribution in [0.15, 0.2) is 59.8 Å². The van der Waals surface area contributed by atoms with Gasteiger partial charge in [-0.1, -0.05) is 24.6 Å². The Kier molecular flexibility index (Phi) is 7.63. The number of fused-ring (bicyclic) bond motifs is 1. The van der Waals surface area contributed by atoms with Gasteiger partial charge in [-0.05, 0) is 55.7 Å². The second-order valence-corrected chi connectivity index (χ2v) is 8.84. The molecule has 0 bridgehead atoms. The number of imidazole rings is 1. The van der Waals surface area contributed by atoms with Crippen molar-refractivity contribution >= 4 is 34.8 Å². The predicted octanol–water partition coefficient (Wildman–Crippen LogP) is 4.90. The molecule has 0 aliphatic carbocycles. The Morgan fingerprint density at radius 2 is 1.86 bits per heavy atom. The number of pyridine rings is 2. The molecule has 1 unspecified atom stereocenters. The SMILES string of the molecule is CCOC(=O)c1cn2cc(NC(=O)C(CC)n3cc(OC)c(-c4cc(Cl)ccc4C)cc3=O)ccc2n1. The van der Waals surface area contributed by atoms with Gasteiger partial charge in [0.05, 0.1) is 25.6 Å². The van der Waals surface area contributed by atoms with Gasteiger partial charge in [-0.15, -0.1) is 0 Å². The number of nitrogens with zero attached hydrogens (tertiary/aromatic N) is 3. The molecule has 4 rings (SSSR count). The second-order valence-electron chi connectivity index (χ2n) is 8.40. The largest absolute Gasteiger partial charge is 0.495 e. The lowest BCUT2D eigenvalue weighted by Gasteiger charge is -2.20. The van der Waals surface area contributed by atoms with E-state index in [-0.39, 0.29) is 23.8 Å². The maximum Gasteiger partial charge on any atom is 0.358 e. The maximum atomic E-state index is 13.3. The first-order valence-corrected chi connectivity index (χ1v) is 12.2. The van der Waals surface area contributed by atoms with Crippen LogP contribution < -0.4 is 15.6 Å². The van der Waals surface area contributed by atoms with Gasteiger partial charge in [0, 0.05) is 29.0 Å². The summed E-state index contributed by atoms with van der Waals surface area (Å²) in [6.07, 6.45) is 5.09. The summed E-state index contributed by atoms with van der Waals surface area (Å²) in [5.74, 6) is -0.446. The Morgan fingerprint density at radius 3 is 2.57 bits per heavy atom. The molecule has 3 heterocycles. The molecule has 9 nitrogen and oxygen atoms in total. The van der Waals surface area contributed by atoms with E-state index in [1.54, 1.807) is 48.0 Å². The number of aromatic nitrogens is 3.